The van der Waals surface area contributed by atoms with E-state index in [-0.39, 0.29) is 29.8 Å². The van der Waals surface area contributed by atoms with Crippen molar-refractivity contribution in [3.05, 3.63) is 48.3 Å². The second-order valence-electron chi connectivity index (χ2n) is 5.71. The molecule has 0 saturated heterocycles. The van der Waals surface area contributed by atoms with E-state index in [1.165, 1.54) is 12.1 Å². The van der Waals surface area contributed by atoms with E-state index in [2.05, 4.69) is 16.9 Å². The van der Waals surface area contributed by atoms with Crippen molar-refractivity contribution in [2.75, 3.05) is 27.2 Å². The predicted octanol–water partition coefficient (Wildman–Crippen LogP) is 2.56. The summed E-state index contributed by atoms with van der Waals surface area (Å²) in [6.45, 7) is 4.93. The van der Waals surface area contributed by atoms with Crippen LogP contribution in [-0.4, -0.2) is 44.0 Å². The van der Waals surface area contributed by atoms with Gasteiger partial charge < -0.3 is 16.0 Å². The first kappa shape index (κ1) is 23.4. The summed E-state index contributed by atoms with van der Waals surface area (Å²) in [6.07, 6.45) is 4.26. The Labute approximate surface area is 166 Å². The number of unbranched alkanes of at least 4 members (excludes halogenated alkanes) is 1. The number of nitrogens with one attached hydrogen (secondary N) is 1. The molecule has 7 heteroatoms. The van der Waals surface area contributed by atoms with Gasteiger partial charge in [0.25, 0.3) is 0 Å². The van der Waals surface area contributed by atoms with E-state index in [0.717, 1.165) is 24.9 Å². The molecule has 0 heterocycles. The van der Waals surface area contributed by atoms with Crippen LogP contribution in [-0.2, 0) is 11.2 Å². The molecule has 0 fully saturated rings. The Balaban J connectivity index is 0.00000576. The molecule has 5 nitrogen and oxygen atoms in total. The predicted molar refractivity (Wildman–Crippen MR) is 112 cm³/mol. The number of nitrogens with two attached hydrogens (primary N) is 1. The van der Waals surface area contributed by atoms with Gasteiger partial charge in [0.1, 0.15) is 5.82 Å². The van der Waals surface area contributed by atoms with Gasteiger partial charge in [0, 0.05) is 27.2 Å². The molecule has 3 N–H and O–H groups in total. The minimum Gasteiger partial charge on any atom is -0.369 e. The molecule has 0 aliphatic carbocycles. The highest BCUT2D eigenvalue weighted by Gasteiger charge is 2.17. The van der Waals surface area contributed by atoms with Crippen LogP contribution in [0.1, 0.15) is 18.4 Å². The quantitative estimate of drug-likeness (QED) is 0.195. The van der Waals surface area contributed by atoms with E-state index in [1.54, 1.807) is 19.2 Å². The molecule has 25 heavy (non-hydrogen) atoms. The number of carbonyl (C=O) groups excluding carboxylic acids is 1. The van der Waals surface area contributed by atoms with E-state index in [1.807, 2.05) is 18.0 Å². The molecule has 0 spiro atoms. The molecular weight excluding hydrogens is 434 g/mol. The normalized spacial score (nSPS) is 12.0. The Morgan fingerprint density at radius 1 is 1.44 bits per heavy atom. The summed E-state index contributed by atoms with van der Waals surface area (Å²) >= 11 is 0. The van der Waals surface area contributed by atoms with E-state index >= 15 is 0 Å². The number of rotatable bonds is 9. The van der Waals surface area contributed by atoms with Crippen LogP contribution < -0.4 is 11.1 Å². The third-order valence-corrected chi connectivity index (χ3v) is 3.78. The standard InChI is InChI=1S/C18H27FN4O.HI/c1-4-5-6-11-23(3)18(21-2)22-13-15(17(20)24)12-14-7-9-16(19)10-8-14;/h4,7-10,15H,1,5-6,11-13H2,2-3H3,(H2,20,24)(H,21,22);1H. The Morgan fingerprint density at radius 3 is 2.60 bits per heavy atom. The largest absolute Gasteiger partial charge is 0.369 e. The average molecular weight is 462 g/mol. The molecule has 1 rings (SSSR count). The Bertz CT molecular complexity index is 563. The van der Waals surface area contributed by atoms with Crippen molar-refractivity contribution >= 4 is 35.8 Å². The lowest BCUT2D eigenvalue weighted by molar-refractivity contribution is -0.121. The third-order valence-electron chi connectivity index (χ3n) is 3.78. The molecule has 140 valence electrons. The van der Waals surface area contributed by atoms with E-state index < -0.39 is 11.8 Å². The maximum atomic E-state index is 13.0. The maximum Gasteiger partial charge on any atom is 0.222 e. The molecule has 0 aliphatic heterocycles. The second kappa shape index (κ2) is 12.7. The molecule has 0 radical (unpaired) electrons. The first-order valence-corrected chi connectivity index (χ1v) is 8.04. The van der Waals surface area contributed by atoms with Gasteiger partial charge in [0.2, 0.25) is 5.91 Å². The molecule has 0 aliphatic rings. The van der Waals surface area contributed by atoms with Gasteiger partial charge in [-0.2, -0.15) is 0 Å². The summed E-state index contributed by atoms with van der Waals surface area (Å²) in [4.78, 5) is 17.9. The lowest BCUT2D eigenvalue weighted by Crippen LogP contribution is -2.44. The maximum absolute atomic E-state index is 13.0. The summed E-state index contributed by atoms with van der Waals surface area (Å²) in [5, 5.41) is 3.18. The van der Waals surface area contributed by atoms with Crippen LogP contribution in [0.3, 0.4) is 0 Å². The van der Waals surface area contributed by atoms with Crippen LogP contribution >= 0.6 is 24.0 Å². The van der Waals surface area contributed by atoms with Gasteiger partial charge in [-0.3, -0.25) is 9.79 Å². The van der Waals surface area contributed by atoms with Crippen molar-refractivity contribution in [3.8, 4) is 0 Å². The zero-order valence-corrected chi connectivity index (χ0v) is 17.2. The van der Waals surface area contributed by atoms with Crippen LogP contribution in [0.25, 0.3) is 0 Å². The van der Waals surface area contributed by atoms with Gasteiger partial charge in [-0.25, -0.2) is 4.39 Å². The highest BCUT2D eigenvalue weighted by Crippen LogP contribution is 2.10. The number of hydrogen-bond donors (Lipinski definition) is 2. The zero-order valence-electron chi connectivity index (χ0n) is 14.9. The van der Waals surface area contributed by atoms with E-state index in [0.29, 0.717) is 18.9 Å². The highest BCUT2D eigenvalue weighted by molar-refractivity contribution is 14.0. The third kappa shape index (κ3) is 8.85. The van der Waals surface area contributed by atoms with Gasteiger partial charge in [-0.1, -0.05) is 18.2 Å². The first-order valence-electron chi connectivity index (χ1n) is 8.04. The number of carbonyl (C=O) groups is 1. The van der Waals surface area contributed by atoms with Gasteiger partial charge in [0.15, 0.2) is 5.96 Å². The summed E-state index contributed by atoms with van der Waals surface area (Å²) in [5.74, 6) is -0.371. The average Bonchev–Trinajstić information content (AvgIpc) is 2.56. The molecular formula is C18H28FIN4O. The molecule has 1 atom stereocenters. The summed E-state index contributed by atoms with van der Waals surface area (Å²) in [5.41, 5.74) is 6.37. The van der Waals surface area contributed by atoms with Crippen LogP contribution in [0.15, 0.2) is 41.9 Å². The monoisotopic (exact) mass is 462 g/mol. The molecule has 1 unspecified atom stereocenters. The zero-order chi connectivity index (χ0) is 17.9. The summed E-state index contributed by atoms with van der Waals surface area (Å²) < 4.78 is 13.0. The number of allylic oxidation sites excluding steroid dienone is 1. The van der Waals surface area contributed by atoms with Gasteiger partial charge in [-0.15, -0.1) is 30.6 Å². The lowest BCUT2D eigenvalue weighted by Gasteiger charge is -2.23. The second-order valence-corrected chi connectivity index (χ2v) is 5.71. The minimum absolute atomic E-state index is 0. The Kier molecular flexibility index (Phi) is 11.9. The van der Waals surface area contributed by atoms with Gasteiger partial charge >= 0.3 is 0 Å². The van der Waals surface area contributed by atoms with Crippen LogP contribution in [0.5, 0.6) is 0 Å². The molecule has 1 amide bonds. The van der Waals surface area contributed by atoms with Crippen LogP contribution in [0.2, 0.25) is 0 Å². The van der Waals surface area contributed by atoms with Crippen molar-refractivity contribution in [1.82, 2.24) is 10.2 Å². The SMILES string of the molecule is C=CCCCN(C)C(=NC)NCC(Cc1ccc(F)cc1)C(N)=O.I. The molecule has 0 saturated carbocycles. The molecule has 0 aromatic heterocycles. The van der Waals surface area contributed by atoms with E-state index in [4.69, 9.17) is 5.73 Å². The Hall–Kier alpha value is -1.64. The first-order chi connectivity index (χ1) is 11.5. The van der Waals surface area contributed by atoms with Crippen molar-refractivity contribution in [2.45, 2.75) is 19.3 Å². The number of benzene rings is 1. The van der Waals surface area contributed by atoms with Crippen LogP contribution in [0.4, 0.5) is 4.39 Å². The van der Waals surface area contributed by atoms with Crippen molar-refractivity contribution in [2.24, 2.45) is 16.6 Å². The number of primary amides is 1. The van der Waals surface area contributed by atoms with E-state index in [9.17, 15) is 9.18 Å². The fourth-order valence-corrected chi connectivity index (χ4v) is 2.36. The van der Waals surface area contributed by atoms with Crippen molar-refractivity contribution in [1.29, 1.82) is 0 Å². The summed E-state index contributed by atoms with van der Waals surface area (Å²) in [6, 6.07) is 6.10. The number of guanidine groups is 1. The molecule has 1 aromatic carbocycles. The fourth-order valence-electron chi connectivity index (χ4n) is 2.36. The van der Waals surface area contributed by atoms with Crippen molar-refractivity contribution < 1.29 is 9.18 Å². The van der Waals surface area contributed by atoms with Crippen molar-refractivity contribution in [3.63, 3.8) is 0 Å². The molecule has 0 bridgehead atoms. The molecule has 1 aromatic rings. The van der Waals surface area contributed by atoms with Gasteiger partial charge in [-0.05, 0) is 37.0 Å². The number of amides is 1. The minimum atomic E-state index is -0.395. The number of nitrogens with zero attached hydrogens (tertiary/aromatic N) is 2. The highest BCUT2D eigenvalue weighted by atomic mass is 127. The topological polar surface area (TPSA) is 70.7 Å². The van der Waals surface area contributed by atoms with Gasteiger partial charge in [0.05, 0.1) is 5.92 Å². The number of aliphatic imine (C=N–C) groups is 1. The summed E-state index contributed by atoms with van der Waals surface area (Å²) in [7, 11) is 3.64. The van der Waals surface area contributed by atoms with Crippen LogP contribution in [0, 0.1) is 11.7 Å². The Morgan fingerprint density at radius 2 is 2.08 bits per heavy atom. The smallest absolute Gasteiger partial charge is 0.222 e. The number of halogens is 2. The fraction of sp³-hybridized carbons (Fsp3) is 0.444. The number of hydrogen-bond acceptors (Lipinski definition) is 2. The lowest BCUT2D eigenvalue weighted by atomic mass is 9.98.